The molecule has 0 aromatic heterocycles. The molecule has 2 aromatic carbocycles. The molecule has 4 amide bonds. The first kappa shape index (κ1) is 32.5. The highest BCUT2D eigenvalue weighted by molar-refractivity contribution is 6.01. The van der Waals surface area contributed by atoms with E-state index in [9.17, 15) is 24.0 Å². The zero-order valence-electron chi connectivity index (χ0n) is 25.3. The number of piperidine rings is 2. The summed E-state index contributed by atoms with van der Waals surface area (Å²) in [6, 6.07) is 17.8. The maximum Gasteiger partial charge on any atom is 0.410 e. The van der Waals surface area contributed by atoms with Crippen LogP contribution in [0.15, 0.2) is 60.7 Å². The van der Waals surface area contributed by atoms with E-state index in [0.29, 0.717) is 45.4 Å². The van der Waals surface area contributed by atoms with E-state index in [4.69, 9.17) is 9.47 Å². The topological polar surface area (TPSA) is 134 Å². The second-order valence-electron chi connectivity index (χ2n) is 11.4. The molecule has 2 saturated heterocycles. The second kappa shape index (κ2) is 15.9. The quantitative estimate of drug-likeness (QED) is 0.295. The van der Waals surface area contributed by atoms with Crippen LogP contribution < -0.4 is 10.6 Å². The zero-order chi connectivity index (χ0) is 31.4. The molecule has 236 valence electrons. The van der Waals surface area contributed by atoms with Crippen molar-refractivity contribution in [3.05, 3.63) is 71.8 Å². The van der Waals surface area contributed by atoms with Crippen LogP contribution in [-0.2, 0) is 30.5 Å². The van der Waals surface area contributed by atoms with Crippen molar-refractivity contribution in [2.45, 2.75) is 63.6 Å². The van der Waals surface area contributed by atoms with Gasteiger partial charge in [0.2, 0.25) is 17.5 Å². The maximum atomic E-state index is 13.3. The van der Waals surface area contributed by atoms with E-state index < -0.39 is 29.9 Å². The number of carbonyl (C=O) groups excluding carboxylic acids is 5. The van der Waals surface area contributed by atoms with Crippen LogP contribution in [0.2, 0.25) is 0 Å². The number of carbonyl (C=O) groups is 5. The van der Waals surface area contributed by atoms with Gasteiger partial charge in [-0.2, -0.15) is 0 Å². The van der Waals surface area contributed by atoms with Gasteiger partial charge in [0.05, 0.1) is 13.5 Å². The fraction of sp³-hybridized carbons (Fsp3) is 0.485. The van der Waals surface area contributed by atoms with Gasteiger partial charge in [-0.1, -0.05) is 48.5 Å². The molecule has 0 radical (unpaired) electrons. The molecule has 2 fully saturated rings. The van der Waals surface area contributed by atoms with E-state index in [1.54, 1.807) is 40.1 Å². The highest BCUT2D eigenvalue weighted by atomic mass is 16.6. The fourth-order valence-corrected chi connectivity index (χ4v) is 5.66. The van der Waals surface area contributed by atoms with Crippen LogP contribution in [0.1, 0.15) is 67.3 Å². The Hall–Kier alpha value is -4.41. The number of esters is 1. The first-order chi connectivity index (χ1) is 21.3. The second-order valence-corrected chi connectivity index (χ2v) is 11.4. The number of hydrogen-bond acceptors (Lipinski definition) is 7. The number of ether oxygens (including phenoxy) is 2. The van der Waals surface area contributed by atoms with Gasteiger partial charge in [0, 0.05) is 38.2 Å². The zero-order valence-corrected chi connectivity index (χ0v) is 25.3. The van der Waals surface area contributed by atoms with Crippen molar-refractivity contribution in [1.29, 1.82) is 0 Å². The number of methoxy groups -OCH3 is 1. The van der Waals surface area contributed by atoms with Crippen LogP contribution in [0.4, 0.5) is 4.79 Å². The molecule has 0 bridgehead atoms. The number of likely N-dealkylation sites (tertiary alicyclic amines) is 2. The van der Waals surface area contributed by atoms with Crippen molar-refractivity contribution in [3.8, 4) is 0 Å². The average Bonchev–Trinajstić information content (AvgIpc) is 3.07. The third kappa shape index (κ3) is 9.05. The van der Waals surface area contributed by atoms with Crippen molar-refractivity contribution in [2.24, 2.45) is 5.92 Å². The van der Waals surface area contributed by atoms with Gasteiger partial charge in [-0.25, -0.2) is 9.59 Å². The molecular weight excluding hydrogens is 564 g/mol. The van der Waals surface area contributed by atoms with E-state index in [1.165, 1.54) is 0 Å². The summed E-state index contributed by atoms with van der Waals surface area (Å²) in [7, 11) is 1.15. The third-order valence-corrected chi connectivity index (χ3v) is 8.23. The third-order valence-electron chi connectivity index (χ3n) is 8.23. The lowest BCUT2D eigenvalue weighted by molar-refractivity contribution is -0.156. The van der Waals surface area contributed by atoms with Crippen molar-refractivity contribution >= 4 is 29.8 Å². The smallest absolute Gasteiger partial charge is 0.410 e. The molecule has 2 N–H and O–H groups in total. The summed E-state index contributed by atoms with van der Waals surface area (Å²) in [6.45, 7) is 2.35. The highest BCUT2D eigenvalue weighted by Crippen LogP contribution is 2.24. The SMILES string of the molecule is COC(=O)C(CC(=O)N1CCCCC1)(NC(=O)CCC1CCN(C(=O)OCc2ccccc2)CC1)NC(=O)c1ccccc1. The predicted octanol–water partition coefficient (Wildman–Crippen LogP) is 3.63. The van der Waals surface area contributed by atoms with Crippen molar-refractivity contribution < 1.29 is 33.4 Å². The lowest BCUT2D eigenvalue weighted by atomic mass is 9.92. The molecular formula is C33H42N4O7. The molecule has 44 heavy (non-hydrogen) atoms. The van der Waals surface area contributed by atoms with E-state index in [2.05, 4.69) is 10.6 Å². The van der Waals surface area contributed by atoms with Crippen LogP contribution in [0, 0.1) is 5.92 Å². The van der Waals surface area contributed by atoms with E-state index in [-0.39, 0.29) is 36.5 Å². The van der Waals surface area contributed by atoms with Gasteiger partial charge < -0.3 is 29.9 Å². The molecule has 11 nitrogen and oxygen atoms in total. The molecule has 2 aliphatic heterocycles. The lowest BCUT2D eigenvalue weighted by Gasteiger charge is -2.35. The molecule has 1 atom stereocenters. The summed E-state index contributed by atoms with van der Waals surface area (Å²) >= 11 is 0. The minimum atomic E-state index is -2.07. The summed E-state index contributed by atoms with van der Waals surface area (Å²) in [6.07, 6.45) is 3.88. The first-order valence-electron chi connectivity index (χ1n) is 15.3. The van der Waals surface area contributed by atoms with E-state index in [0.717, 1.165) is 31.9 Å². The van der Waals surface area contributed by atoms with Crippen LogP contribution >= 0.6 is 0 Å². The Kier molecular flexibility index (Phi) is 11.7. The monoisotopic (exact) mass is 606 g/mol. The maximum absolute atomic E-state index is 13.3. The Bertz CT molecular complexity index is 1280. The Morgan fingerprint density at radius 2 is 1.45 bits per heavy atom. The molecule has 2 aromatic rings. The van der Waals surface area contributed by atoms with Crippen LogP contribution in [-0.4, -0.2) is 78.5 Å². The molecule has 2 heterocycles. The number of amides is 4. The molecule has 0 aliphatic carbocycles. The number of rotatable bonds is 11. The summed E-state index contributed by atoms with van der Waals surface area (Å²) in [4.78, 5) is 68.9. The van der Waals surface area contributed by atoms with Crippen molar-refractivity contribution in [3.63, 3.8) is 0 Å². The van der Waals surface area contributed by atoms with E-state index in [1.807, 2.05) is 30.3 Å². The minimum Gasteiger partial charge on any atom is -0.466 e. The normalized spacial score (nSPS) is 16.8. The van der Waals surface area contributed by atoms with Gasteiger partial charge in [0.1, 0.15) is 6.61 Å². The highest BCUT2D eigenvalue weighted by Gasteiger charge is 2.46. The molecule has 4 rings (SSSR count). The minimum absolute atomic E-state index is 0.0704. The largest absolute Gasteiger partial charge is 0.466 e. The summed E-state index contributed by atoms with van der Waals surface area (Å²) in [5.41, 5.74) is -0.879. The lowest BCUT2D eigenvalue weighted by Crippen LogP contribution is -2.67. The summed E-state index contributed by atoms with van der Waals surface area (Å²) in [5.74, 6) is -2.20. The number of nitrogens with one attached hydrogen (secondary N) is 2. The van der Waals surface area contributed by atoms with Crippen molar-refractivity contribution in [2.75, 3.05) is 33.3 Å². The van der Waals surface area contributed by atoms with Crippen LogP contribution in [0.3, 0.4) is 0 Å². The number of benzene rings is 2. The van der Waals surface area contributed by atoms with Gasteiger partial charge in [-0.15, -0.1) is 0 Å². The van der Waals surface area contributed by atoms with Crippen LogP contribution in [0.25, 0.3) is 0 Å². The summed E-state index contributed by atoms with van der Waals surface area (Å²) < 4.78 is 10.5. The van der Waals surface area contributed by atoms with Gasteiger partial charge in [-0.3, -0.25) is 14.4 Å². The molecule has 0 saturated carbocycles. The first-order valence-corrected chi connectivity index (χ1v) is 15.3. The number of nitrogens with zero attached hydrogens (tertiary/aromatic N) is 2. The Morgan fingerprint density at radius 1 is 0.818 bits per heavy atom. The van der Waals surface area contributed by atoms with E-state index >= 15 is 0 Å². The molecule has 0 spiro atoms. The Balaban J connectivity index is 1.36. The molecule has 11 heteroatoms. The fourth-order valence-electron chi connectivity index (χ4n) is 5.66. The molecule has 2 aliphatic rings. The van der Waals surface area contributed by atoms with Gasteiger partial charge in [0.15, 0.2) is 0 Å². The van der Waals surface area contributed by atoms with Gasteiger partial charge in [0.25, 0.3) is 5.91 Å². The van der Waals surface area contributed by atoms with Gasteiger partial charge >= 0.3 is 12.1 Å². The predicted molar refractivity (Wildman–Crippen MR) is 162 cm³/mol. The van der Waals surface area contributed by atoms with Crippen LogP contribution in [0.5, 0.6) is 0 Å². The molecule has 1 unspecified atom stereocenters. The van der Waals surface area contributed by atoms with Gasteiger partial charge in [-0.05, 0) is 62.1 Å². The Labute approximate surface area is 258 Å². The summed E-state index contributed by atoms with van der Waals surface area (Å²) in [5, 5.41) is 5.30. The average molecular weight is 607 g/mol. The Morgan fingerprint density at radius 3 is 2.09 bits per heavy atom. The standard InChI is InChI=1S/C33H42N4O7/c1-43-31(41)33(23-29(39)36-19-9-4-10-20-36,35-30(40)27-13-7-3-8-14-27)34-28(38)16-15-25-17-21-37(22-18-25)32(42)44-24-26-11-5-2-6-12-26/h2-3,5-8,11-14,25H,4,9-10,15-24H2,1H3,(H,34,38)(H,35,40). The number of hydrogen-bond donors (Lipinski definition) is 2. The van der Waals surface area contributed by atoms with Crippen molar-refractivity contribution in [1.82, 2.24) is 20.4 Å².